The molecule has 194 valence electrons. The van der Waals surface area contributed by atoms with Crippen LogP contribution < -0.4 is 16.6 Å². The van der Waals surface area contributed by atoms with E-state index in [4.69, 9.17) is 11.1 Å². The van der Waals surface area contributed by atoms with Crippen molar-refractivity contribution in [2.75, 3.05) is 6.61 Å². The molecule has 38 heavy (non-hydrogen) atoms. The first-order chi connectivity index (χ1) is 18.4. The normalized spacial score (nSPS) is 17.1. The van der Waals surface area contributed by atoms with Crippen LogP contribution in [0, 0.1) is 24.1 Å². The third-order valence-corrected chi connectivity index (χ3v) is 6.57. The highest BCUT2D eigenvalue weighted by atomic mass is 19.1. The van der Waals surface area contributed by atoms with Gasteiger partial charge in [0.15, 0.2) is 0 Å². The number of para-hydroxylation sites is 1. The minimum Gasteiger partial charge on any atom is -0.394 e. The summed E-state index contributed by atoms with van der Waals surface area (Å²) in [5.41, 5.74) is 8.03. The number of aliphatic imine (C=N–C) groups is 2. The van der Waals surface area contributed by atoms with E-state index in [1.165, 1.54) is 27.9 Å². The lowest BCUT2D eigenvalue weighted by molar-refractivity contribution is 0.269. The quantitative estimate of drug-likeness (QED) is 0.266. The summed E-state index contributed by atoms with van der Waals surface area (Å²) in [7, 11) is 0. The van der Waals surface area contributed by atoms with Crippen LogP contribution in [-0.4, -0.2) is 50.1 Å². The van der Waals surface area contributed by atoms with Gasteiger partial charge in [0.2, 0.25) is 0 Å². The second-order valence-corrected chi connectivity index (χ2v) is 9.02. The summed E-state index contributed by atoms with van der Waals surface area (Å²) in [6, 6.07) is 13.6. The van der Waals surface area contributed by atoms with Gasteiger partial charge in [-0.25, -0.2) is 9.38 Å². The second-order valence-electron chi connectivity index (χ2n) is 9.02. The van der Waals surface area contributed by atoms with Crippen molar-refractivity contribution in [2.45, 2.75) is 26.2 Å². The SMILES string of the molecule is Cc1cccc2cc(CNC3N=CN=C(N)C3C(=N)c3cnn(CCO)c3)n(-c3ccccc3F)c(=O)c12. The van der Waals surface area contributed by atoms with Gasteiger partial charge in [-0.1, -0.05) is 30.3 Å². The van der Waals surface area contributed by atoms with E-state index in [2.05, 4.69) is 20.4 Å². The number of aromatic nitrogens is 3. The van der Waals surface area contributed by atoms with Crippen molar-refractivity contribution in [1.29, 1.82) is 5.41 Å². The predicted molar refractivity (Wildman–Crippen MR) is 145 cm³/mol. The fraction of sp³-hybridized carbons (Fsp3) is 0.222. The zero-order chi connectivity index (χ0) is 26.8. The second kappa shape index (κ2) is 10.5. The van der Waals surface area contributed by atoms with Gasteiger partial charge in [0, 0.05) is 24.0 Å². The zero-order valence-electron chi connectivity index (χ0n) is 20.7. The number of nitrogens with one attached hydrogen (secondary N) is 2. The summed E-state index contributed by atoms with van der Waals surface area (Å²) < 4.78 is 17.8. The zero-order valence-corrected chi connectivity index (χ0v) is 20.7. The topological polar surface area (TPSA) is 147 Å². The molecule has 2 aromatic carbocycles. The average Bonchev–Trinajstić information content (AvgIpc) is 3.37. The third kappa shape index (κ3) is 4.64. The molecule has 1 aliphatic rings. The summed E-state index contributed by atoms with van der Waals surface area (Å²) in [5, 5.41) is 26.7. The van der Waals surface area contributed by atoms with Gasteiger partial charge in [0.05, 0.1) is 42.1 Å². The summed E-state index contributed by atoms with van der Waals surface area (Å²) in [6.07, 6.45) is 3.85. The molecule has 0 fully saturated rings. The Hall–Kier alpha value is -4.48. The number of nitrogens with zero attached hydrogens (tertiary/aromatic N) is 5. The van der Waals surface area contributed by atoms with E-state index >= 15 is 0 Å². The van der Waals surface area contributed by atoms with Crippen LogP contribution in [0.15, 0.2) is 75.7 Å². The van der Waals surface area contributed by atoms with Gasteiger partial charge >= 0.3 is 0 Å². The van der Waals surface area contributed by atoms with Gasteiger partial charge < -0.3 is 16.2 Å². The fourth-order valence-corrected chi connectivity index (χ4v) is 4.71. The Morgan fingerprint density at radius 2 is 2.05 bits per heavy atom. The molecule has 1 aliphatic heterocycles. The van der Waals surface area contributed by atoms with Crippen molar-refractivity contribution in [3.63, 3.8) is 0 Å². The molecule has 2 unspecified atom stereocenters. The Labute approximate surface area is 217 Å². The van der Waals surface area contributed by atoms with Crippen LogP contribution in [-0.2, 0) is 13.1 Å². The van der Waals surface area contributed by atoms with Crippen LogP contribution in [0.1, 0.15) is 16.8 Å². The Balaban J connectivity index is 1.51. The van der Waals surface area contributed by atoms with Crippen LogP contribution >= 0.6 is 0 Å². The molecule has 0 saturated heterocycles. The third-order valence-electron chi connectivity index (χ3n) is 6.57. The first-order valence-corrected chi connectivity index (χ1v) is 12.1. The van der Waals surface area contributed by atoms with Gasteiger partial charge in [0.25, 0.3) is 5.56 Å². The number of hydrogen-bond acceptors (Lipinski definition) is 8. The minimum atomic E-state index is -0.705. The van der Waals surface area contributed by atoms with Gasteiger partial charge in [-0.15, -0.1) is 0 Å². The standard InChI is InChI=1S/C27H27FN8O2/c1-16-5-4-6-17-11-19(36(27(38)22(16)17)21-8-3-2-7-20(21)28)13-31-26-23(25(30)32-15-33-26)24(29)18-12-34-35(14-18)9-10-37/h2-8,11-12,14-15,23,26,29,31,37H,9-10,13H2,1H3,(H2,30,32,33). The van der Waals surface area contributed by atoms with Crippen molar-refractivity contribution < 1.29 is 9.50 Å². The number of hydrogen-bond donors (Lipinski definition) is 4. The molecule has 10 nitrogen and oxygen atoms in total. The molecule has 4 aromatic rings. The predicted octanol–water partition coefficient (Wildman–Crippen LogP) is 2.13. The number of pyridine rings is 1. The highest BCUT2D eigenvalue weighted by molar-refractivity contribution is 6.14. The molecule has 5 N–H and O–H groups in total. The lowest BCUT2D eigenvalue weighted by Crippen LogP contribution is -2.48. The van der Waals surface area contributed by atoms with Gasteiger partial charge in [-0.05, 0) is 36.1 Å². The smallest absolute Gasteiger partial charge is 0.263 e. The minimum absolute atomic E-state index is 0.0784. The van der Waals surface area contributed by atoms with E-state index in [0.717, 1.165) is 10.9 Å². The van der Waals surface area contributed by atoms with Gasteiger partial charge in [0.1, 0.15) is 24.2 Å². The van der Waals surface area contributed by atoms with Gasteiger partial charge in [-0.2, -0.15) is 5.10 Å². The van der Waals surface area contributed by atoms with E-state index < -0.39 is 17.9 Å². The van der Waals surface area contributed by atoms with Crippen molar-refractivity contribution in [3.8, 4) is 5.69 Å². The maximum absolute atomic E-state index is 14.9. The Morgan fingerprint density at radius 1 is 1.24 bits per heavy atom. The first-order valence-electron chi connectivity index (χ1n) is 12.1. The molecule has 11 heteroatoms. The van der Waals surface area contributed by atoms with E-state index in [1.807, 2.05) is 31.2 Å². The van der Waals surface area contributed by atoms with Crippen molar-refractivity contribution in [1.82, 2.24) is 19.7 Å². The summed E-state index contributed by atoms with van der Waals surface area (Å²) >= 11 is 0. The Kier molecular flexibility index (Phi) is 6.95. The number of nitrogens with two attached hydrogens (primary N) is 1. The number of amidine groups is 1. The molecule has 0 aliphatic carbocycles. The van der Waals surface area contributed by atoms with E-state index in [1.54, 1.807) is 24.4 Å². The molecule has 3 heterocycles. The fourth-order valence-electron chi connectivity index (χ4n) is 4.71. The maximum Gasteiger partial charge on any atom is 0.263 e. The molecular weight excluding hydrogens is 487 g/mol. The van der Waals surface area contributed by atoms with Crippen molar-refractivity contribution >= 4 is 28.7 Å². The van der Waals surface area contributed by atoms with Gasteiger partial charge in [-0.3, -0.25) is 24.4 Å². The monoisotopic (exact) mass is 514 g/mol. The molecule has 0 spiro atoms. The number of aryl methyl sites for hydroxylation is 1. The number of halogens is 1. The van der Waals surface area contributed by atoms with Crippen LogP contribution in [0.3, 0.4) is 0 Å². The average molecular weight is 515 g/mol. The summed E-state index contributed by atoms with van der Waals surface area (Å²) in [5.74, 6) is -1.02. The number of fused-ring (bicyclic) bond motifs is 1. The summed E-state index contributed by atoms with van der Waals surface area (Å²) in [6.45, 7) is 2.21. The van der Waals surface area contributed by atoms with E-state index in [0.29, 0.717) is 23.2 Å². The van der Waals surface area contributed by atoms with E-state index in [9.17, 15) is 14.3 Å². The summed E-state index contributed by atoms with van der Waals surface area (Å²) in [4.78, 5) is 22.2. The number of benzene rings is 2. The van der Waals surface area contributed by atoms with Crippen LogP contribution in [0.4, 0.5) is 4.39 Å². The van der Waals surface area contributed by atoms with Crippen LogP contribution in [0.5, 0.6) is 0 Å². The van der Waals surface area contributed by atoms with Crippen molar-refractivity contribution in [3.05, 3.63) is 93.9 Å². The van der Waals surface area contributed by atoms with Crippen LogP contribution in [0.2, 0.25) is 0 Å². The molecule has 0 amide bonds. The first kappa shape index (κ1) is 25.2. The highest BCUT2D eigenvalue weighted by Crippen LogP contribution is 2.22. The number of rotatable bonds is 8. The molecule has 0 saturated carbocycles. The maximum atomic E-state index is 14.9. The number of aliphatic hydroxyl groups is 1. The molecular formula is C27H27FN8O2. The molecule has 0 bridgehead atoms. The van der Waals surface area contributed by atoms with Crippen LogP contribution in [0.25, 0.3) is 16.5 Å². The largest absolute Gasteiger partial charge is 0.394 e. The molecule has 2 atom stereocenters. The molecule has 0 radical (unpaired) electrons. The Morgan fingerprint density at radius 3 is 2.84 bits per heavy atom. The lowest BCUT2D eigenvalue weighted by atomic mass is 9.93. The molecule has 5 rings (SSSR count). The Bertz CT molecular complexity index is 1640. The molecule has 2 aromatic heterocycles. The number of aliphatic hydroxyl groups excluding tert-OH is 1. The van der Waals surface area contributed by atoms with E-state index in [-0.39, 0.29) is 35.9 Å². The lowest BCUT2D eigenvalue weighted by Gasteiger charge is -2.27. The highest BCUT2D eigenvalue weighted by Gasteiger charge is 2.32. The van der Waals surface area contributed by atoms with Crippen molar-refractivity contribution in [2.24, 2.45) is 21.6 Å².